The Balaban J connectivity index is 1.13. The molecule has 5 N–H and O–H groups in total. The van der Waals surface area contributed by atoms with Gasteiger partial charge in [-0.05, 0) is 48.2 Å². The predicted octanol–water partition coefficient (Wildman–Crippen LogP) is 3.49. The molecule has 1 aliphatic carbocycles. The summed E-state index contributed by atoms with van der Waals surface area (Å²) in [5.41, 5.74) is 7.49. The van der Waals surface area contributed by atoms with Gasteiger partial charge in [-0.15, -0.1) is 11.3 Å². The summed E-state index contributed by atoms with van der Waals surface area (Å²) in [6, 6.07) is 18.0. The predicted molar refractivity (Wildman–Crippen MR) is 149 cm³/mol. The van der Waals surface area contributed by atoms with Crippen LogP contribution in [0.2, 0.25) is 0 Å². The molecule has 10 heteroatoms. The Morgan fingerprint density at radius 3 is 2.59 bits per heavy atom. The molecule has 2 fully saturated rings. The molecule has 2 aliphatic rings. The average Bonchev–Trinajstić information content (AvgIpc) is 3.24. The number of ether oxygens (including phenoxy) is 1. The number of nitrogen functional groups attached to an aromatic ring is 1. The molecule has 0 bridgehead atoms. The van der Waals surface area contributed by atoms with Crippen LogP contribution in [0.3, 0.4) is 0 Å². The molecular weight excluding hydrogens is 514 g/mol. The second-order valence-electron chi connectivity index (χ2n) is 10.3. The van der Waals surface area contributed by atoms with E-state index in [2.05, 4.69) is 10.6 Å². The number of amides is 3. The van der Waals surface area contributed by atoms with Crippen LogP contribution in [0.4, 0.5) is 5.69 Å². The van der Waals surface area contributed by atoms with Crippen LogP contribution in [-0.2, 0) is 27.5 Å². The van der Waals surface area contributed by atoms with Crippen molar-refractivity contribution in [2.75, 3.05) is 11.9 Å². The minimum atomic E-state index is -0.615. The second kappa shape index (κ2) is 10.9. The van der Waals surface area contributed by atoms with Crippen LogP contribution in [0.15, 0.2) is 66.0 Å². The van der Waals surface area contributed by atoms with Crippen molar-refractivity contribution in [2.45, 2.75) is 39.0 Å². The maximum Gasteiger partial charge on any atom is 0.243 e. The van der Waals surface area contributed by atoms with Gasteiger partial charge < -0.3 is 26.0 Å². The van der Waals surface area contributed by atoms with Crippen molar-refractivity contribution in [3.63, 3.8) is 0 Å². The van der Waals surface area contributed by atoms with Gasteiger partial charge in [-0.3, -0.25) is 19.8 Å². The molecule has 0 radical (unpaired) electrons. The lowest BCUT2D eigenvalue weighted by molar-refractivity contribution is -0.142. The Hall–Kier alpha value is -4.18. The van der Waals surface area contributed by atoms with Crippen LogP contribution in [-0.4, -0.2) is 41.0 Å². The van der Waals surface area contributed by atoms with Gasteiger partial charge in [0.2, 0.25) is 17.7 Å². The summed E-state index contributed by atoms with van der Waals surface area (Å²) in [5, 5.41) is 15.0. The third-order valence-corrected chi connectivity index (χ3v) is 8.42. The molecular formula is C29H31N5O4S. The lowest BCUT2D eigenvalue weighted by Crippen LogP contribution is -2.50. The van der Waals surface area contributed by atoms with E-state index in [1.807, 2.05) is 37.3 Å². The van der Waals surface area contributed by atoms with E-state index in [1.165, 1.54) is 11.3 Å². The molecule has 3 aromatic rings. The van der Waals surface area contributed by atoms with Gasteiger partial charge in [0, 0.05) is 33.5 Å². The molecule has 3 amide bonds. The molecule has 1 saturated carbocycles. The van der Waals surface area contributed by atoms with E-state index in [1.54, 1.807) is 40.6 Å². The standard InChI is InChI=1S/C29H31N5O4S/c1-29-13-20(29)15-34(26(29)28(37)32-14-23-11-19(17-39-23)27(30)31)25(36)12-24(35)33-21-7-9-22(10-8-21)38-16-18-5-3-2-4-6-18/h2-11,17,20,26H,12-16H2,1H3,(H3,30,31)(H,32,37)(H,33,35)/t20-,26-,29-/m1/s1. The van der Waals surface area contributed by atoms with Crippen molar-refractivity contribution in [1.82, 2.24) is 10.2 Å². The van der Waals surface area contributed by atoms with Crippen molar-refractivity contribution < 1.29 is 19.1 Å². The highest BCUT2D eigenvalue weighted by atomic mass is 32.1. The van der Waals surface area contributed by atoms with Gasteiger partial charge in [0.15, 0.2) is 0 Å². The molecule has 2 heterocycles. The Kier molecular flexibility index (Phi) is 7.38. The van der Waals surface area contributed by atoms with Gasteiger partial charge in [0.05, 0.1) is 6.54 Å². The molecule has 5 rings (SSSR count). The number of anilines is 1. The second-order valence-corrected chi connectivity index (χ2v) is 11.3. The molecule has 1 aromatic heterocycles. The van der Waals surface area contributed by atoms with Crippen LogP contribution >= 0.6 is 11.3 Å². The van der Waals surface area contributed by atoms with E-state index < -0.39 is 11.9 Å². The monoisotopic (exact) mass is 545 g/mol. The zero-order valence-corrected chi connectivity index (χ0v) is 22.4. The fraction of sp³-hybridized carbons (Fsp3) is 0.310. The first-order chi connectivity index (χ1) is 18.7. The SMILES string of the molecule is C[C@@]12C[C@@H]1CN(C(=O)CC(=O)Nc1ccc(OCc3ccccc3)cc1)[C@@H]2C(=O)NCc1cc(C(=N)N)cs1. The largest absolute Gasteiger partial charge is 0.489 e. The maximum atomic E-state index is 13.2. The van der Waals surface area contributed by atoms with Crippen molar-refractivity contribution >= 4 is 40.6 Å². The third kappa shape index (κ3) is 5.96. The minimum Gasteiger partial charge on any atom is -0.489 e. The third-order valence-electron chi connectivity index (χ3n) is 7.48. The van der Waals surface area contributed by atoms with Gasteiger partial charge in [-0.2, -0.15) is 0 Å². The Labute approximate surface area is 230 Å². The lowest BCUT2D eigenvalue weighted by atomic mass is 9.97. The number of hydrogen-bond donors (Lipinski definition) is 4. The number of piperidine rings is 1. The van der Waals surface area contributed by atoms with Crippen LogP contribution in [0, 0.1) is 16.7 Å². The number of amidine groups is 1. The van der Waals surface area contributed by atoms with Crippen LogP contribution < -0.4 is 21.1 Å². The Bertz CT molecular complexity index is 1390. The summed E-state index contributed by atoms with van der Waals surface area (Å²) in [5.74, 6) is -0.108. The van der Waals surface area contributed by atoms with Crippen molar-refractivity contribution in [1.29, 1.82) is 5.41 Å². The van der Waals surface area contributed by atoms with E-state index in [-0.39, 0.29) is 35.4 Å². The molecule has 1 saturated heterocycles. The Morgan fingerprint density at radius 2 is 1.90 bits per heavy atom. The molecule has 39 heavy (non-hydrogen) atoms. The minimum absolute atomic E-state index is 0.0182. The Morgan fingerprint density at radius 1 is 1.15 bits per heavy atom. The highest BCUT2D eigenvalue weighted by Crippen LogP contribution is 2.61. The maximum absolute atomic E-state index is 13.2. The summed E-state index contributed by atoms with van der Waals surface area (Å²) in [7, 11) is 0. The number of nitrogens with one attached hydrogen (secondary N) is 3. The number of thiophene rings is 1. The number of carbonyl (C=O) groups excluding carboxylic acids is 3. The van der Waals surface area contributed by atoms with E-state index >= 15 is 0 Å². The lowest BCUT2D eigenvalue weighted by Gasteiger charge is -2.29. The van der Waals surface area contributed by atoms with Crippen LogP contribution in [0.25, 0.3) is 0 Å². The molecule has 0 unspecified atom stereocenters. The van der Waals surface area contributed by atoms with E-state index in [9.17, 15) is 14.4 Å². The summed E-state index contributed by atoms with van der Waals surface area (Å²) in [6.45, 7) is 3.23. The van der Waals surface area contributed by atoms with Crippen molar-refractivity contribution in [3.8, 4) is 5.75 Å². The number of fused-ring (bicyclic) bond motifs is 1. The highest BCUT2D eigenvalue weighted by Gasteiger charge is 2.66. The number of carbonyl (C=O) groups is 3. The molecule has 0 spiro atoms. The number of benzene rings is 2. The van der Waals surface area contributed by atoms with Gasteiger partial charge in [0.25, 0.3) is 0 Å². The molecule has 1 aliphatic heterocycles. The molecule has 202 valence electrons. The van der Waals surface area contributed by atoms with E-state index in [0.29, 0.717) is 36.7 Å². The summed E-state index contributed by atoms with van der Waals surface area (Å²) < 4.78 is 5.78. The summed E-state index contributed by atoms with van der Waals surface area (Å²) >= 11 is 1.41. The van der Waals surface area contributed by atoms with Gasteiger partial charge in [0.1, 0.15) is 30.7 Å². The highest BCUT2D eigenvalue weighted by molar-refractivity contribution is 7.10. The van der Waals surface area contributed by atoms with Crippen molar-refractivity contribution in [2.24, 2.45) is 17.1 Å². The molecule has 2 aromatic carbocycles. The zero-order chi connectivity index (χ0) is 27.6. The van der Waals surface area contributed by atoms with E-state index in [0.717, 1.165) is 16.9 Å². The van der Waals surface area contributed by atoms with Crippen molar-refractivity contribution in [3.05, 3.63) is 82.0 Å². The number of nitrogens with zero attached hydrogens (tertiary/aromatic N) is 1. The summed E-state index contributed by atoms with van der Waals surface area (Å²) in [4.78, 5) is 41.4. The number of hydrogen-bond acceptors (Lipinski definition) is 6. The van der Waals surface area contributed by atoms with Crippen LogP contribution in [0.1, 0.15) is 35.8 Å². The number of likely N-dealkylation sites (tertiary alicyclic amines) is 1. The molecule has 9 nitrogen and oxygen atoms in total. The van der Waals surface area contributed by atoms with E-state index in [4.69, 9.17) is 15.9 Å². The first kappa shape index (κ1) is 26.4. The topological polar surface area (TPSA) is 138 Å². The smallest absolute Gasteiger partial charge is 0.243 e. The zero-order valence-electron chi connectivity index (χ0n) is 21.6. The van der Waals surface area contributed by atoms with Crippen LogP contribution in [0.5, 0.6) is 5.75 Å². The first-order valence-corrected chi connectivity index (χ1v) is 13.7. The quantitative estimate of drug-likeness (QED) is 0.176. The molecule has 3 atom stereocenters. The number of rotatable bonds is 10. The average molecular weight is 546 g/mol. The van der Waals surface area contributed by atoms with Gasteiger partial charge in [-0.1, -0.05) is 37.3 Å². The number of nitrogens with two attached hydrogens (primary N) is 1. The normalized spacial score (nSPS) is 21.1. The first-order valence-electron chi connectivity index (χ1n) is 12.8. The van der Waals surface area contributed by atoms with Gasteiger partial charge >= 0.3 is 0 Å². The fourth-order valence-corrected chi connectivity index (χ4v) is 5.99. The summed E-state index contributed by atoms with van der Waals surface area (Å²) in [6.07, 6.45) is 0.541. The fourth-order valence-electron chi connectivity index (χ4n) is 5.17. The van der Waals surface area contributed by atoms with Gasteiger partial charge in [-0.25, -0.2) is 0 Å².